The molecule has 3 nitrogen and oxygen atoms in total. The van der Waals surface area contributed by atoms with Crippen molar-refractivity contribution in [3.05, 3.63) is 0 Å². The van der Waals surface area contributed by atoms with Crippen molar-refractivity contribution in [3.63, 3.8) is 0 Å². The van der Waals surface area contributed by atoms with Gasteiger partial charge in [-0.15, -0.1) is 23.2 Å². The van der Waals surface area contributed by atoms with Crippen LogP contribution >= 0.6 is 23.2 Å². The normalized spacial score (nSPS) is 41.6. The summed E-state index contributed by atoms with van der Waals surface area (Å²) in [6.45, 7) is 4.37. The number of hydrogen-bond donors (Lipinski definition) is 2. The van der Waals surface area contributed by atoms with Crippen molar-refractivity contribution < 1.29 is 14.9 Å². The lowest BCUT2D eigenvalue weighted by Crippen LogP contribution is -2.38. The fraction of sp³-hybridized carbons (Fsp3) is 1.00. The zero-order valence-corrected chi connectivity index (χ0v) is 11.2. The number of aliphatic hydroxyl groups excluding tert-OH is 2. The lowest BCUT2D eigenvalue weighted by molar-refractivity contribution is -0.0228. The molecule has 0 saturated carbocycles. The van der Waals surface area contributed by atoms with Gasteiger partial charge in [0.15, 0.2) is 0 Å². The van der Waals surface area contributed by atoms with Gasteiger partial charge in [-0.05, 0) is 18.3 Å². The van der Waals surface area contributed by atoms with Gasteiger partial charge in [0.05, 0.1) is 36.2 Å². The average molecular weight is 271 g/mol. The Hall–Kier alpha value is 0.460. The van der Waals surface area contributed by atoms with Crippen LogP contribution in [-0.4, -0.2) is 46.4 Å². The summed E-state index contributed by atoms with van der Waals surface area (Å²) in [5.74, 6) is 0. The molecule has 4 unspecified atom stereocenters. The fourth-order valence-electron chi connectivity index (χ4n) is 1.93. The van der Waals surface area contributed by atoms with Crippen LogP contribution in [0.5, 0.6) is 0 Å². The first-order chi connectivity index (χ1) is 7.32. The van der Waals surface area contributed by atoms with Crippen LogP contribution in [0.2, 0.25) is 0 Å². The molecule has 0 radical (unpaired) electrons. The van der Waals surface area contributed by atoms with Crippen molar-refractivity contribution in [1.29, 1.82) is 0 Å². The predicted molar refractivity (Wildman–Crippen MR) is 65.1 cm³/mol. The van der Waals surface area contributed by atoms with Gasteiger partial charge in [0.2, 0.25) is 0 Å². The zero-order valence-electron chi connectivity index (χ0n) is 9.70. The van der Waals surface area contributed by atoms with E-state index in [4.69, 9.17) is 27.9 Å². The van der Waals surface area contributed by atoms with Crippen molar-refractivity contribution in [2.24, 2.45) is 5.41 Å². The molecule has 1 rings (SSSR count). The van der Waals surface area contributed by atoms with Crippen molar-refractivity contribution in [1.82, 2.24) is 0 Å². The summed E-state index contributed by atoms with van der Waals surface area (Å²) in [6.07, 6.45) is -0.0932. The second kappa shape index (κ2) is 5.87. The van der Waals surface area contributed by atoms with Gasteiger partial charge in [0.25, 0.3) is 0 Å². The van der Waals surface area contributed by atoms with Crippen molar-refractivity contribution >= 4 is 23.2 Å². The molecule has 4 atom stereocenters. The summed E-state index contributed by atoms with van der Waals surface area (Å²) in [7, 11) is 0. The zero-order chi connectivity index (χ0) is 12.3. The minimum Gasteiger partial charge on any atom is -0.389 e. The number of halogens is 2. The number of alkyl halides is 2. The Labute approximate surface area is 107 Å². The highest BCUT2D eigenvalue weighted by Gasteiger charge is 2.32. The average Bonchev–Trinajstić information content (AvgIpc) is 2.14. The fourth-order valence-corrected chi connectivity index (χ4v) is 2.91. The molecule has 0 aromatic carbocycles. The lowest BCUT2D eigenvalue weighted by Gasteiger charge is -2.33. The van der Waals surface area contributed by atoms with E-state index in [2.05, 4.69) is 0 Å². The van der Waals surface area contributed by atoms with Gasteiger partial charge < -0.3 is 14.9 Å². The van der Waals surface area contributed by atoms with Gasteiger partial charge in [-0.25, -0.2) is 0 Å². The van der Waals surface area contributed by atoms with Gasteiger partial charge in [-0.3, -0.25) is 0 Å². The van der Waals surface area contributed by atoms with E-state index in [1.54, 1.807) is 0 Å². The molecule has 0 aromatic heterocycles. The molecule has 0 aromatic rings. The topological polar surface area (TPSA) is 49.7 Å². The molecule has 1 fully saturated rings. The Balaban J connectivity index is 2.69. The Kier molecular flexibility index (Phi) is 5.33. The van der Waals surface area contributed by atoms with Crippen LogP contribution in [0.1, 0.15) is 26.7 Å². The molecule has 0 spiro atoms. The predicted octanol–water partition coefficient (Wildman–Crippen LogP) is 1.76. The molecule has 0 aliphatic carbocycles. The quantitative estimate of drug-likeness (QED) is 0.660. The van der Waals surface area contributed by atoms with E-state index in [1.807, 2.05) is 13.8 Å². The Morgan fingerprint density at radius 1 is 1.00 bits per heavy atom. The second-order valence-electron chi connectivity index (χ2n) is 5.28. The minimum atomic E-state index is -0.694. The van der Waals surface area contributed by atoms with E-state index in [0.717, 1.165) is 0 Å². The lowest BCUT2D eigenvalue weighted by atomic mass is 9.81. The third-order valence-corrected chi connectivity index (χ3v) is 3.80. The minimum absolute atomic E-state index is 0.0991. The molecule has 16 heavy (non-hydrogen) atoms. The summed E-state index contributed by atoms with van der Waals surface area (Å²) in [6, 6.07) is 0. The maximum atomic E-state index is 9.71. The van der Waals surface area contributed by atoms with Crippen molar-refractivity contribution in [2.45, 2.75) is 49.7 Å². The van der Waals surface area contributed by atoms with Crippen LogP contribution in [0.3, 0.4) is 0 Å². The monoisotopic (exact) mass is 270 g/mol. The highest BCUT2D eigenvalue weighted by atomic mass is 35.5. The van der Waals surface area contributed by atoms with Crippen LogP contribution < -0.4 is 0 Å². The van der Waals surface area contributed by atoms with E-state index in [0.29, 0.717) is 12.8 Å². The number of aliphatic hydroxyl groups is 2. The number of ether oxygens (including phenoxy) is 1. The van der Waals surface area contributed by atoms with E-state index in [-0.39, 0.29) is 29.4 Å². The first-order valence-corrected chi connectivity index (χ1v) is 6.41. The van der Waals surface area contributed by atoms with Crippen LogP contribution in [0.4, 0.5) is 0 Å². The van der Waals surface area contributed by atoms with Crippen molar-refractivity contribution in [3.8, 4) is 0 Å². The smallest absolute Gasteiger partial charge is 0.0936 e. The third-order valence-electron chi connectivity index (χ3n) is 2.91. The molecule has 0 amide bonds. The first-order valence-electron chi connectivity index (χ1n) is 5.54. The van der Waals surface area contributed by atoms with Gasteiger partial charge in [0.1, 0.15) is 0 Å². The van der Waals surface area contributed by atoms with Crippen LogP contribution in [0.15, 0.2) is 0 Å². The second-order valence-corrected chi connectivity index (χ2v) is 6.40. The molecule has 2 N–H and O–H groups in total. The van der Waals surface area contributed by atoms with E-state index in [1.165, 1.54) is 0 Å². The van der Waals surface area contributed by atoms with E-state index in [9.17, 15) is 10.2 Å². The Morgan fingerprint density at radius 2 is 1.38 bits per heavy atom. The molecule has 96 valence electrons. The Bertz CT molecular complexity index is 203. The SMILES string of the molecule is CC1(C)CC(Cl)C(O)COCC(O)C(Cl)C1. The molecular weight excluding hydrogens is 251 g/mol. The molecule has 1 aliphatic rings. The molecule has 5 heteroatoms. The van der Waals surface area contributed by atoms with Gasteiger partial charge in [0, 0.05) is 0 Å². The summed E-state index contributed by atoms with van der Waals surface area (Å²) >= 11 is 12.2. The van der Waals surface area contributed by atoms with E-state index >= 15 is 0 Å². The number of rotatable bonds is 0. The standard InChI is InChI=1S/C11H20Cl2O3/c1-11(2)3-7(12)9(14)5-16-6-10(15)8(13)4-11/h7-10,14-15H,3-6H2,1-2H3. The molecule has 1 aliphatic heterocycles. The molecular formula is C11H20Cl2O3. The summed E-state index contributed by atoms with van der Waals surface area (Å²) < 4.78 is 5.17. The largest absolute Gasteiger partial charge is 0.389 e. The maximum absolute atomic E-state index is 9.71. The molecule has 0 bridgehead atoms. The third kappa shape index (κ3) is 4.38. The maximum Gasteiger partial charge on any atom is 0.0936 e. The van der Waals surface area contributed by atoms with Gasteiger partial charge in [-0.2, -0.15) is 0 Å². The number of hydrogen-bond acceptors (Lipinski definition) is 3. The molecule has 1 heterocycles. The van der Waals surface area contributed by atoms with E-state index < -0.39 is 12.2 Å². The van der Waals surface area contributed by atoms with Gasteiger partial charge in [-0.1, -0.05) is 13.8 Å². The highest BCUT2D eigenvalue weighted by molar-refractivity contribution is 6.21. The molecule has 1 saturated heterocycles. The first kappa shape index (κ1) is 14.5. The summed E-state index contributed by atoms with van der Waals surface area (Å²) in [4.78, 5) is 0. The highest BCUT2D eigenvalue weighted by Crippen LogP contribution is 2.34. The van der Waals surface area contributed by atoms with Crippen LogP contribution in [0.25, 0.3) is 0 Å². The van der Waals surface area contributed by atoms with Crippen molar-refractivity contribution in [2.75, 3.05) is 13.2 Å². The Morgan fingerprint density at radius 3 is 1.75 bits per heavy atom. The van der Waals surface area contributed by atoms with Gasteiger partial charge >= 0.3 is 0 Å². The van der Waals surface area contributed by atoms with Crippen LogP contribution in [0, 0.1) is 5.41 Å². The summed E-state index contributed by atoms with van der Waals surface area (Å²) in [5.41, 5.74) is -0.0991. The summed E-state index contributed by atoms with van der Waals surface area (Å²) in [5, 5.41) is 18.7. The van der Waals surface area contributed by atoms with Crippen LogP contribution in [-0.2, 0) is 4.74 Å².